The summed E-state index contributed by atoms with van der Waals surface area (Å²) in [5, 5.41) is 9.27. The monoisotopic (exact) mass is 313 g/mol. The molecule has 0 radical (unpaired) electrons. The number of ether oxygens (including phenoxy) is 1. The first-order valence-electron chi connectivity index (χ1n) is 7.37. The summed E-state index contributed by atoms with van der Waals surface area (Å²) in [7, 11) is -2.19. The Morgan fingerprint density at radius 2 is 1.90 bits per heavy atom. The van der Waals surface area contributed by atoms with Crippen LogP contribution in [0.25, 0.3) is 0 Å². The van der Waals surface area contributed by atoms with Gasteiger partial charge in [-0.25, -0.2) is 8.42 Å². The van der Waals surface area contributed by atoms with Crippen LogP contribution in [0.3, 0.4) is 0 Å². The van der Waals surface area contributed by atoms with Gasteiger partial charge in [0.1, 0.15) is 10.6 Å². The zero-order chi connectivity index (χ0) is 15.3. The Hall–Kier alpha value is -1.11. The molecule has 1 saturated carbocycles. The van der Waals surface area contributed by atoms with Gasteiger partial charge >= 0.3 is 0 Å². The van der Waals surface area contributed by atoms with E-state index < -0.39 is 10.0 Å². The molecule has 118 valence electrons. The molecule has 0 aromatic heterocycles. The van der Waals surface area contributed by atoms with Crippen molar-refractivity contribution in [2.75, 3.05) is 20.3 Å². The number of sulfonamides is 1. The molecule has 0 bridgehead atoms. The van der Waals surface area contributed by atoms with Crippen molar-refractivity contribution >= 4 is 10.0 Å². The van der Waals surface area contributed by atoms with Gasteiger partial charge in [0, 0.05) is 12.6 Å². The van der Waals surface area contributed by atoms with Gasteiger partial charge in [-0.15, -0.1) is 0 Å². The van der Waals surface area contributed by atoms with Crippen LogP contribution in [0.5, 0.6) is 5.75 Å². The molecule has 21 heavy (non-hydrogen) atoms. The summed E-state index contributed by atoms with van der Waals surface area (Å²) in [6.45, 7) is -0.0457. The number of methoxy groups -OCH3 is 1. The average molecular weight is 313 g/mol. The predicted octanol–water partition coefficient (Wildman–Crippen LogP) is 2.01. The van der Waals surface area contributed by atoms with Crippen LogP contribution in [0.2, 0.25) is 0 Å². The maximum absolute atomic E-state index is 12.9. The number of nitrogens with zero attached hydrogens (tertiary/aromatic N) is 1. The Morgan fingerprint density at radius 3 is 2.52 bits per heavy atom. The maximum atomic E-state index is 12.9. The van der Waals surface area contributed by atoms with Crippen molar-refractivity contribution in [3.8, 4) is 5.75 Å². The van der Waals surface area contributed by atoms with Crippen LogP contribution < -0.4 is 4.74 Å². The molecule has 1 N–H and O–H groups in total. The maximum Gasteiger partial charge on any atom is 0.247 e. The minimum atomic E-state index is -3.66. The normalized spacial score (nSPS) is 17.1. The van der Waals surface area contributed by atoms with Gasteiger partial charge < -0.3 is 9.84 Å². The molecule has 1 fully saturated rings. The number of aliphatic hydroxyl groups excluding tert-OH is 1. The Labute approximate surface area is 126 Å². The number of para-hydroxylation sites is 1. The fourth-order valence-electron chi connectivity index (χ4n) is 2.92. The summed E-state index contributed by atoms with van der Waals surface area (Å²) in [5.74, 6) is 0.344. The van der Waals surface area contributed by atoms with Gasteiger partial charge in [0.25, 0.3) is 0 Å². The van der Waals surface area contributed by atoms with E-state index in [0.29, 0.717) is 5.75 Å². The molecule has 0 heterocycles. The standard InChI is InChI=1S/C15H23NO4S/c1-20-14-9-5-6-10-15(14)21(18,19)16(11-12-17)13-7-3-2-4-8-13/h5-6,9-10,13,17H,2-4,7-8,11-12H2,1H3. The summed E-state index contributed by atoms with van der Waals surface area (Å²) in [6, 6.07) is 6.61. The SMILES string of the molecule is COc1ccccc1S(=O)(=O)N(CCO)C1CCCCC1. The third kappa shape index (κ3) is 3.56. The molecule has 1 aliphatic rings. The van der Waals surface area contributed by atoms with Crippen molar-refractivity contribution in [1.82, 2.24) is 4.31 Å². The van der Waals surface area contributed by atoms with Gasteiger partial charge in [-0.1, -0.05) is 31.4 Å². The average Bonchev–Trinajstić information content (AvgIpc) is 2.53. The molecule has 1 aromatic carbocycles. The highest BCUT2D eigenvalue weighted by Crippen LogP contribution is 2.31. The first-order chi connectivity index (χ1) is 10.1. The number of rotatable bonds is 6. The van der Waals surface area contributed by atoms with Crippen LogP contribution in [-0.4, -0.2) is 44.1 Å². The molecule has 1 aliphatic carbocycles. The molecule has 0 amide bonds. The first kappa shape index (κ1) is 16.3. The lowest BCUT2D eigenvalue weighted by Crippen LogP contribution is -2.43. The molecule has 6 heteroatoms. The fraction of sp³-hybridized carbons (Fsp3) is 0.600. The lowest BCUT2D eigenvalue weighted by molar-refractivity contribution is 0.199. The molecule has 5 nitrogen and oxygen atoms in total. The minimum Gasteiger partial charge on any atom is -0.495 e. The van der Waals surface area contributed by atoms with Crippen LogP contribution in [0.15, 0.2) is 29.2 Å². The molecule has 0 atom stereocenters. The summed E-state index contributed by atoms with van der Waals surface area (Å²) in [4.78, 5) is 0.173. The van der Waals surface area contributed by atoms with Gasteiger partial charge in [-0.05, 0) is 25.0 Å². The number of hydrogen-bond donors (Lipinski definition) is 1. The lowest BCUT2D eigenvalue weighted by atomic mass is 9.95. The highest BCUT2D eigenvalue weighted by molar-refractivity contribution is 7.89. The third-order valence-electron chi connectivity index (χ3n) is 3.96. The Kier molecular flexibility index (Phi) is 5.61. The van der Waals surface area contributed by atoms with E-state index in [9.17, 15) is 13.5 Å². The summed E-state index contributed by atoms with van der Waals surface area (Å²) < 4.78 is 32.5. The zero-order valence-corrected chi connectivity index (χ0v) is 13.2. The van der Waals surface area contributed by atoms with E-state index in [1.807, 2.05) is 0 Å². The van der Waals surface area contributed by atoms with Crippen LogP contribution in [-0.2, 0) is 10.0 Å². The zero-order valence-electron chi connectivity index (χ0n) is 12.4. The number of benzene rings is 1. The third-order valence-corrected chi connectivity index (χ3v) is 5.95. The molecule has 0 unspecified atom stereocenters. The molecular formula is C15H23NO4S. The molecule has 0 saturated heterocycles. The van der Waals surface area contributed by atoms with Gasteiger partial charge in [0.2, 0.25) is 10.0 Å². The van der Waals surface area contributed by atoms with Crippen molar-refractivity contribution in [3.63, 3.8) is 0 Å². The molecule has 2 rings (SSSR count). The Bertz CT molecular complexity index is 553. The van der Waals surface area contributed by atoms with E-state index in [1.54, 1.807) is 24.3 Å². The van der Waals surface area contributed by atoms with E-state index in [1.165, 1.54) is 11.4 Å². The van der Waals surface area contributed by atoms with E-state index >= 15 is 0 Å². The minimum absolute atomic E-state index is 0.0270. The van der Waals surface area contributed by atoms with Crippen molar-refractivity contribution in [2.45, 2.75) is 43.0 Å². The van der Waals surface area contributed by atoms with Gasteiger partial charge in [-0.2, -0.15) is 4.31 Å². The van der Waals surface area contributed by atoms with Crippen molar-refractivity contribution in [3.05, 3.63) is 24.3 Å². The molecular weight excluding hydrogens is 290 g/mol. The summed E-state index contributed by atoms with van der Waals surface area (Å²) in [6.07, 6.45) is 4.93. The number of aliphatic hydroxyl groups is 1. The smallest absolute Gasteiger partial charge is 0.247 e. The van der Waals surface area contributed by atoms with Crippen molar-refractivity contribution < 1.29 is 18.3 Å². The Morgan fingerprint density at radius 1 is 1.24 bits per heavy atom. The Balaban J connectivity index is 2.37. The van der Waals surface area contributed by atoms with Gasteiger partial charge in [0.05, 0.1) is 13.7 Å². The van der Waals surface area contributed by atoms with Crippen molar-refractivity contribution in [1.29, 1.82) is 0 Å². The molecule has 1 aromatic rings. The van der Waals surface area contributed by atoms with Crippen LogP contribution in [0, 0.1) is 0 Å². The van der Waals surface area contributed by atoms with Gasteiger partial charge in [-0.3, -0.25) is 0 Å². The quantitative estimate of drug-likeness (QED) is 0.872. The van der Waals surface area contributed by atoms with Crippen molar-refractivity contribution in [2.24, 2.45) is 0 Å². The second kappa shape index (κ2) is 7.24. The fourth-order valence-corrected chi connectivity index (χ4v) is 4.76. The second-order valence-electron chi connectivity index (χ2n) is 5.28. The van der Waals surface area contributed by atoms with Gasteiger partial charge in [0.15, 0.2) is 0 Å². The predicted molar refractivity (Wildman–Crippen MR) is 80.8 cm³/mol. The van der Waals surface area contributed by atoms with E-state index in [4.69, 9.17) is 4.74 Å². The van der Waals surface area contributed by atoms with E-state index in [0.717, 1.165) is 32.1 Å². The van der Waals surface area contributed by atoms with E-state index in [2.05, 4.69) is 0 Å². The highest BCUT2D eigenvalue weighted by Gasteiger charge is 2.33. The van der Waals surface area contributed by atoms with Crippen LogP contribution in [0.4, 0.5) is 0 Å². The second-order valence-corrected chi connectivity index (χ2v) is 7.14. The lowest BCUT2D eigenvalue weighted by Gasteiger charge is -2.33. The summed E-state index contributed by atoms with van der Waals surface area (Å²) in [5.41, 5.74) is 0. The van der Waals surface area contributed by atoms with E-state index in [-0.39, 0.29) is 24.1 Å². The first-order valence-corrected chi connectivity index (χ1v) is 8.81. The van der Waals surface area contributed by atoms with Crippen LogP contribution in [0.1, 0.15) is 32.1 Å². The van der Waals surface area contributed by atoms with Crippen LogP contribution >= 0.6 is 0 Å². The molecule has 0 aliphatic heterocycles. The largest absolute Gasteiger partial charge is 0.495 e. The topological polar surface area (TPSA) is 66.8 Å². The molecule has 0 spiro atoms. The highest BCUT2D eigenvalue weighted by atomic mass is 32.2. The number of hydrogen-bond acceptors (Lipinski definition) is 4. The summed E-state index contributed by atoms with van der Waals surface area (Å²) >= 11 is 0.